The van der Waals surface area contributed by atoms with Crippen molar-refractivity contribution in [3.8, 4) is 17.1 Å². The van der Waals surface area contributed by atoms with E-state index in [4.69, 9.17) is 4.52 Å². The summed E-state index contributed by atoms with van der Waals surface area (Å²) in [7, 11) is 0. The van der Waals surface area contributed by atoms with Gasteiger partial charge in [-0.05, 0) is 50.2 Å². The van der Waals surface area contributed by atoms with Crippen LogP contribution in [0.5, 0.6) is 5.75 Å². The van der Waals surface area contributed by atoms with Crippen LogP contribution in [0, 0.1) is 5.92 Å². The van der Waals surface area contributed by atoms with Crippen molar-refractivity contribution in [3.05, 3.63) is 60.5 Å². The smallest absolute Gasteiger partial charge is 0.387 e. The van der Waals surface area contributed by atoms with Crippen LogP contribution in [0.15, 0.2) is 59.1 Å². The summed E-state index contributed by atoms with van der Waals surface area (Å²) >= 11 is 0. The van der Waals surface area contributed by atoms with Gasteiger partial charge in [0.05, 0.1) is 12.1 Å². The van der Waals surface area contributed by atoms with Crippen molar-refractivity contribution in [1.82, 2.24) is 15.0 Å². The average molecular weight is 428 g/mol. The number of hydrogen-bond acceptors (Lipinski definition) is 6. The van der Waals surface area contributed by atoms with Gasteiger partial charge >= 0.3 is 6.61 Å². The molecular weight excluding hydrogens is 406 g/mol. The molecule has 162 valence electrons. The lowest BCUT2D eigenvalue weighted by atomic mass is 9.96. The van der Waals surface area contributed by atoms with E-state index in [2.05, 4.69) is 25.1 Å². The molecule has 7 nitrogen and oxygen atoms in total. The molecule has 1 aliphatic heterocycles. The minimum absolute atomic E-state index is 0.00454. The van der Waals surface area contributed by atoms with E-state index < -0.39 is 6.61 Å². The normalized spacial score (nSPS) is 15.2. The standard InChI is InChI=1S/C22H22F2N4O3/c23-22(24)30-18-9-5-4-8-17(18)20-26-19(31-27-20)14-28-12-10-15(11-13-28)21(29)25-16-6-2-1-3-7-16/h1-9,15,22H,10-14H2,(H,25,29). The molecule has 9 heteroatoms. The van der Waals surface area contributed by atoms with Crippen LogP contribution in [0.3, 0.4) is 0 Å². The number of hydrogen-bond donors (Lipinski definition) is 1. The maximum Gasteiger partial charge on any atom is 0.387 e. The summed E-state index contributed by atoms with van der Waals surface area (Å²) in [5.74, 6) is 0.558. The van der Waals surface area contributed by atoms with Crippen LogP contribution >= 0.6 is 0 Å². The van der Waals surface area contributed by atoms with Crippen molar-refractivity contribution in [2.45, 2.75) is 26.0 Å². The number of aromatic nitrogens is 2. The number of para-hydroxylation sites is 2. The number of carbonyl (C=O) groups is 1. The summed E-state index contributed by atoms with van der Waals surface area (Å²) in [6.07, 6.45) is 1.45. The minimum Gasteiger partial charge on any atom is -0.434 e. The fourth-order valence-electron chi connectivity index (χ4n) is 3.59. The van der Waals surface area contributed by atoms with E-state index in [-0.39, 0.29) is 23.4 Å². The third kappa shape index (κ3) is 5.43. The molecule has 0 saturated carbocycles. The zero-order chi connectivity index (χ0) is 21.6. The van der Waals surface area contributed by atoms with E-state index in [1.54, 1.807) is 18.2 Å². The van der Waals surface area contributed by atoms with Crippen molar-refractivity contribution in [2.24, 2.45) is 5.92 Å². The van der Waals surface area contributed by atoms with Gasteiger partial charge in [-0.25, -0.2) is 0 Å². The third-order valence-electron chi connectivity index (χ3n) is 5.17. The van der Waals surface area contributed by atoms with Crippen molar-refractivity contribution in [3.63, 3.8) is 0 Å². The number of benzene rings is 2. The molecule has 31 heavy (non-hydrogen) atoms. The number of carbonyl (C=O) groups excluding carboxylic acids is 1. The number of nitrogens with zero attached hydrogens (tertiary/aromatic N) is 3. The van der Waals surface area contributed by atoms with Gasteiger partial charge in [-0.2, -0.15) is 13.8 Å². The largest absolute Gasteiger partial charge is 0.434 e. The van der Waals surface area contributed by atoms with Gasteiger partial charge in [-0.1, -0.05) is 35.5 Å². The molecule has 1 aromatic heterocycles. The van der Waals surface area contributed by atoms with E-state index in [9.17, 15) is 13.6 Å². The molecule has 1 amide bonds. The Morgan fingerprint density at radius 2 is 1.84 bits per heavy atom. The Hall–Kier alpha value is -3.33. The lowest BCUT2D eigenvalue weighted by Gasteiger charge is -2.30. The Kier molecular flexibility index (Phi) is 6.51. The Balaban J connectivity index is 1.32. The maximum atomic E-state index is 12.6. The summed E-state index contributed by atoms with van der Waals surface area (Å²) in [6, 6.07) is 15.7. The van der Waals surface area contributed by atoms with Crippen LogP contribution in [0.25, 0.3) is 11.4 Å². The molecule has 2 aromatic carbocycles. The number of likely N-dealkylation sites (tertiary alicyclic amines) is 1. The maximum absolute atomic E-state index is 12.6. The van der Waals surface area contributed by atoms with Crippen LogP contribution in [-0.4, -0.2) is 40.6 Å². The van der Waals surface area contributed by atoms with E-state index in [1.807, 2.05) is 30.3 Å². The van der Waals surface area contributed by atoms with Crippen molar-refractivity contribution in [1.29, 1.82) is 0 Å². The molecule has 1 N–H and O–H groups in total. The zero-order valence-corrected chi connectivity index (χ0v) is 16.7. The quantitative estimate of drug-likeness (QED) is 0.608. The first-order valence-electron chi connectivity index (χ1n) is 10.0. The highest BCUT2D eigenvalue weighted by Crippen LogP contribution is 2.29. The highest BCUT2D eigenvalue weighted by atomic mass is 19.3. The molecule has 3 aromatic rings. The molecule has 0 aliphatic carbocycles. The fraction of sp³-hybridized carbons (Fsp3) is 0.318. The summed E-state index contributed by atoms with van der Waals surface area (Å²) < 4.78 is 35.1. The van der Waals surface area contributed by atoms with Crippen LogP contribution in [0.2, 0.25) is 0 Å². The van der Waals surface area contributed by atoms with Gasteiger partial charge < -0.3 is 14.6 Å². The molecule has 2 heterocycles. The lowest BCUT2D eigenvalue weighted by Crippen LogP contribution is -2.37. The van der Waals surface area contributed by atoms with E-state index >= 15 is 0 Å². The number of halogens is 2. The first kappa shape index (κ1) is 20.9. The molecule has 0 atom stereocenters. The topological polar surface area (TPSA) is 80.5 Å². The van der Waals surface area contributed by atoms with E-state index in [1.165, 1.54) is 6.07 Å². The second kappa shape index (κ2) is 9.65. The number of nitrogens with one attached hydrogen (secondary N) is 1. The number of alkyl halides is 2. The van der Waals surface area contributed by atoms with Gasteiger partial charge in [0.15, 0.2) is 0 Å². The van der Waals surface area contributed by atoms with Crippen LogP contribution in [-0.2, 0) is 11.3 Å². The number of amides is 1. The van der Waals surface area contributed by atoms with Gasteiger partial charge in [0.1, 0.15) is 5.75 Å². The Labute approximate surface area is 178 Å². The van der Waals surface area contributed by atoms with Crippen LogP contribution in [0.4, 0.5) is 14.5 Å². The van der Waals surface area contributed by atoms with Gasteiger partial charge in [0, 0.05) is 11.6 Å². The molecule has 0 unspecified atom stereocenters. The third-order valence-corrected chi connectivity index (χ3v) is 5.17. The monoisotopic (exact) mass is 428 g/mol. The lowest BCUT2D eigenvalue weighted by molar-refractivity contribution is -0.121. The first-order valence-corrected chi connectivity index (χ1v) is 10.0. The first-order chi connectivity index (χ1) is 15.1. The molecular formula is C22H22F2N4O3. The van der Waals surface area contributed by atoms with Gasteiger partial charge in [-0.3, -0.25) is 9.69 Å². The number of piperidine rings is 1. The fourth-order valence-corrected chi connectivity index (χ4v) is 3.59. The number of anilines is 1. The highest BCUT2D eigenvalue weighted by Gasteiger charge is 2.26. The molecule has 1 fully saturated rings. The Morgan fingerprint density at radius 1 is 1.13 bits per heavy atom. The van der Waals surface area contributed by atoms with E-state index in [0.29, 0.717) is 18.0 Å². The molecule has 0 spiro atoms. The summed E-state index contributed by atoms with van der Waals surface area (Å²) in [5, 5.41) is 6.86. The molecule has 4 rings (SSSR count). The summed E-state index contributed by atoms with van der Waals surface area (Å²) in [6.45, 7) is -1.07. The Bertz CT molecular complexity index is 1000. The molecule has 0 radical (unpaired) electrons. The predicted octanol–water partition coefficient (Wildman–Crippen LogP) is 4.19. The minimum atomic E-state index is -2.94. The number of rotatable bonds is 7. The van der Waals surface area contributed by atoms with Crippen molar-refractivity contribution in [2.75, 3.05) is 18.4 Å². The van der Waals surface area contributed by atoms with Crippen LogP contribution in [0.1, 0.15) is 18.7 Å². The van der Waals surface area contributed by atoms with Crippen molar-refractivity contribution < 1.29 is 22.8 Å². The second-order valence-corrected chi connectivity index (χ2v) is 7.29. The van der Waals surface area contributed by atoms with Gasteiger partial charge in [0.25, 0.3) is 0 Å². The molecule has 1 saturated heterocycles. The average Bonchev–Trinajstić information content (AvgIpc) is 3.23. The predicted molar refractivity (Wildman–Crippen MR) is 109 cm³/mol. The zero-order valence-electron chi connectivity index (χ0n) is 16.7. The van der Waals surface area contributed by atoms with Gasteiger partial charge in [-0.15, -0.1) is 0 Å². The van der Waals surface area contributed by atoms with E-state index in [0.717, 1.165) is 31.6 Å². The SMILES string of the molecule is O=C(Nc1ccccc1)C1CCN(Cc2nc(-c3ccccc3OC(F)F)no2)CC1. The summed E-state index contributed by atoms with van der Waals surface area (Å²) in [4.78, 5) is 18.9. The Morgan fingerprint density at radius 3 is 2.58 bits per heavy atom. The van der Waals surface area contributed by atoms with Crippen molar-refractivity contribution >= 4 is 11.6 Å². The summed E-state index contributed by atoms with van der Waals surface area (Å²) in [5.41, 5.74) is 1.14. The number of ether oxygens (including phenoxy) is 1. The second-order valence-electron chi connectivity index (χ2n) is 7.29. The van der Waals surface area contributed by atoms with Gasteiger partial charge in [0.2, 0.25) is 17.6 Å². The highest BCUT2D eigenvalue weighted by molar-refractivity contribution is 5.92. The molecule has 1 aliphatic rings. The van der Waals surface area contributed by atoms with Crippen LogP contribution < -0.4 is 10.1 Å². The molecule has 0 bridgehead atoms.